The number of carboxylic acids is 1. The molecule has 1 aliphatic heterocycles. The predicted molar refractivity (Wildman–Crippen MR) is 69.0 cm³/mol. The second-order valence-electron chi connectivity index (χ2n) is 4.54. The summed E-state index contributed by atoms with van der Waals surface area (Å²) >= 11 is 0. The molecular formula is C13H15FN2O4. The number of carboxylic acid groups (broad SMARTS) is 1. The third-order valence-corrected chi connectivity index (χ3v) is 3.24. The number of nitrogens with one attached hydrogen (secondary N) is 1. The van der Waals surface area contributed by atoms with Crippen LogP contribution in [-0.2, 0) is 9.53 Å². The van der Waals surface area contributed by atoms with Crippen molar-refractivity contribution in [2.24, 2.45) is 0 Å². The fraction of sp³-hybridized carbons (Fsp3) is 0.385. The van der Waals surface area contributed by atoms with Crippen molar-refractivity contribution in [1.29, 1.82) is 0 Å². The van der Waals surface area contributed by atoms with Crippen LogP contribution >= 0.6 is 0 Å². The molecule has 1 saturated heterocycles. The van der Waals surface area contributed by atoms with Gasteiger partial charge in [0.1, 0.15) is 11.9 Å². The van der Waals surface area contributed by atoms with Crippen LogP contribution in [0.4, 0.5) is 14.9 Å². The molecule has 7 heteroatoms. The highest BCUT2D eigenvalue weighted by atomic mass is 19.1. The average molecular weight is 282 g/mol. The molecule has 1 fully saturated rings. The summed E-state index contributed by atoms with van der Waals surface area (Å²) in [6, 6.07) is 3.79. The van der Waals surface area contributed by atoms with Gasteiger partial charge in [-0.15, -0.1) is 0 Å². The van der Waals surface area contributed by atoms with Gasteiger partial charge in [0.15, 0.2) is 0 Å². The minimum Gasteiger partial charge on any atom is -0.480 e. The van der Waals surface area contributed by atoms with Crippen LogP contribution in [0.3, 0.4) is 0 Å². The number of carbonyl (C=O) groups excluding carboxylic acids is 1. The summed E-state index contributed by atoms with van der Waals surface area (Å²) < 4.78 is 17.9. The molecule has 2 unspecified atom stereocenters. The molecule has 2 amide bonds. The number of aliphatic carboxylic acids is 1. The van der Waals surface area contributed by atoms with Gasteiger partial charge in [-0.3, -0.25) is 0 Å². The molecule has 0 aromatic heterocycles. The molecular weight excluding hydrogens is 267 g/mol. The van der Waals surface area contributed by atoms with E-state index in [2.05, 4.69) is 5.32 Å². The average Bonchev–Trinajstić information content (AvgIpc) is 2.86. The molecule has 0 bridgehead atoms. The number of likely N-dealkylation sites (tertiary alicyclic amines) is 1. The van der Waals surface area contributed by atoms with Crippen LogP contribution in [0.15, 0.2) is 24.3 Å². The number of hydrogen-bond acceptors (Lipinski definition) is 3. The number of hydrogen-bond donors (Lipinski definition) is 2. The molecule has 1 aromatic carbocycles. The summed E-state index contributed by atoms with van der Waals surface area (Å²) in [5.74, 6) is -1.48. The standard InChI is InChI=1S/C13H15FN2O4/c1-20-10-6-11(12(17)18)16(7-10)13(19)15-9-4-2-8(14)3-5-9/h2-5,10-11H,6-7H2,1H3,(H,15,19)(H,17,18). The van der Waals surface area contributed by atoms with Gasteiger partial charge in [0.25, 0.3) is 0 Å². The highest BCUT2D eigenvalue weighted by Crippen LogP contribution is 2.21. The molecule has 1 aliphatic rings. The van der Waals surface area contributed by atoms with E-state index < -0.39 is 23.9 Å². The highest BCUT2D eigenvalue weighted by Gasteiger charge is 2.39. The van der Waals surface area contributed by atoms with Crippen molar-refractivity contribution in [2.45, 2.75) is 18.6 Å². The Balaban J connectivity index is 2.07. The minimum atomic E-state index is -1.07. The Morgan fingerprint density at radius 3 is 2.60 bits per heavy atom. The van der Waals surface area contributed by atoms with Crippen molar-refractivity contribution in [2.75, 3.05) is 19.0 Å². The van der Waals surface area contributed by atoms with E-state index in [0.29, 0.717) is 5.69 Å². The van der Waals surface area contributed by atoms with E-state index in [0.717, 1.165) is 0 Å². The molecule has 1 heterocycles. The van der Waals surface area contributed by atoms with Crippen LogP contribution in [0.5, 0.6) is 0 Å². The van der Waals surface area contributed by atoms with Crippen molar-refractivity contribution in [3.63, 3.8) is 0 Å². The SMILES string of the molecule is COC1CC(C(=O)O)N(C(=O)Nc2ccc(F)cc2)C1. The second kappa shape index (κ2) is 5.87. The first-order valence-corrected chi connectivity index (χ1v) is 6.10. The van der Waals surface area contributed by atoms with E-state index in [9.17, 15) is 14.0 Å². The number of halogens is 1. The maximum absolute atomic E-state index is 12.8. The zero-order valence-corrected chi connectivity index (χ0v) is 10.9. The number of carbonyl (C=O) groups is 2. The van der Waals surface area contributed by atoms with Crippen molar-refractivity contribution < 1.29 is 23.8 Å². The largest absolute Gasteiger partial charge is 0.480 e. The fourth-order valence-corrected chi connectivity index (χ4v) is 2.16. The smallest absolute Gasteiger partial charge is 0.326 e. The first kappa shape index (κ1) is 14.3. The van der Waals surface area contributed by atoms with Crippen LogP contribution in [0.1, 0.15) is 6.42 Å². The van der Waals surface area contributed by atoms with E-state index in [1.807, 2.05) is 0 Å². The van der Waals surface area contributed by atoms with Crippen molar-refractivity contribution in [3.05, 3.63) is 30.1 Å². The van der Waals surface area contributed by atoms with E-state index in [1.54, 1.807) is 0 Å². The molecule has 6 nitrogen and oxygen atoms in total. The monoisotopic (exact) mass is 282 g/mol. The quantitative estimate of drug-likeness (QED) is 0.881. The summed E-state index contributed by atoms with van der Waals surface area (Å²) in [5, 5.41) is 11.7. The molecule has 2 atom stereocenters. The van der Waals surface area contributed by atoms with Gasteiger partial charge in [-0.25, -0.2) is 14.0 Å². The molecule has 2 rings (SSSR count). The molecule has 20 heavy (non-hydrogen) atoms. The number of ether oxygens (including phenoxy) is 1. The van der Waals surface area contributed by atoms with Gasteiger partial charge in [-0.1, -0.05) is 0 Å². The maximum atomic E-state index is 12.8. The number of methoxy groups -OCH3 is 1. The zero-order chi connectivity index (χ0) is 14.7. The van der Waals surface area contributed by atoms with Crippen LogP contribution in [0, 0.1) is 5.82 Å². The Morgan fingerprint density at radius 2 is 2.05 bits per heavy atom. The molecule has 1 aromatic rings. The molecule has 0 spiro atoms. The van der Waals surface area contributed by atoms with Gasteiger partial charge in [-0.05, 0) is 24.3 Å². The third kappa shape index (κ3) is 3.05. The number of rotatable bonds is 3. The lowest BCUT2D eigenvalue weighted by Gasteiger charge is -2.21. The number of anilines is 1. The highest BCUT2D eigenvalue weighted by molar-refractivity contribution is 5.92. The summed E-state index contributed by atoms with van der Waals surface area (Å²) in [5.41, 5.74) is 0.404. The van der Waals surface area contributed by atoms with Gasteiger partial charge in [0.2, 0.25) is 0 Å². The van der Waals surface area contributed by atoms with Gasteiger partial charge >= 0.3 is 12.0 Å². The Kier molecular flexibility index (Phi) is 4.19. The van der Waals surface area contributed by atoms with Crippen LogP contribution < -0.4 is 5.32 Å². The molecule has 0 radical (unpaired) electrons. The van der Waals surface area contributed by atoms with Gasteiger partial charge in [0, 0.05) is 25.8 Å². The summed E-state index contributed by atoms with van der Waals surface area (Å²) in [6.45, 7) is 0.209. The minimum absolute atomic E-state index is 0.209. The topological polar surface area (TPSA) is 78.9 Å². The lowest BCUT2D eigenvalue weighted by Crippen LogP contribution is -2.43. The second-order valence-corrected chi connectivity index (χ2v) is 4.54. The first-order valence-electron chi connectivity index (χ1n) is 6.10. The van der Waals surface area contributed by atoms with Crippen molar-refractivity contribution in [3.8, 4) is 0 Å². The third-order valence-electron chi connectivity index (χ3n) is 3.24. The van der Waals surface area contributed by atoms with E-state index in [-0.39, 0.29) is 19.1 Å². The lowest BCUT2D eigenvalue weighted by atomic mass is 10.2. The van der Waals surface area contributed by atoms with E-state index >= 15 is 0 Å². The number of urea groups is 1. The summed E-state index contributed by atoms with van der Waals surface area (Å²) in [7, 11) is 1.48. The first-order chi connectivity index (χ1) is 9.51. The Hall–Kier alpha value is -2.15. The van der Waals surface area contributed by atoms with Crippen LogP contribution in [-0.4, -0.2) is 47.8 Å². The molecule has 0 saturated carbocycles. The summed E-state index contributed by atoms with van der Waals surface area (Å²) in [4.78, 5) is 24.4. The van der Waals surface area contributed by atoms with Gasteiger partial charge < -0.3 is 20.1 Å². The predicted octanol–water partition coefficient (Wildman–Crippen LogP) is 1.53. The Bertz CT molecular complexity index is 506. The van der Waals surface area contributed by atoms with Gasteiger partial charge in [-0.2, -0.15) is 0 Å². The number of benzene rings is 1. The van der Waals surface area contributed by atoms with Gasteiger partial charge in [0.05, 0.1) is 6.10 Å². The Morgan fingerprint density at radius 1 is 1.40 bits per heavy atom. The lowest BCUT2D eigenvalue weighted by molar-refractivity contribution is -0.141. The maximum Gasteiger partial charge on any atom is 0.326 e. The summed E-state index contributed by atoms with van der Waals surface area (Å²) in [6.07, 6.45) is -0.0436. The van der Waals surface area contributed by atoms with E-state index in [1.165, 1.54) is 36.3 Å². The number of nitrogens with zero attached hydrogens (tertiary/aromatic N) is 1. The van der Waals surface area contributed by atoms with Crippen molar-refractivity contribution in [1.82, 2.24) is 4.90 Å². The zero-order valence-electron chi connectivity index (χ0n) is 10.9. The fourth-order valence-electron chi connectivity index (χ4n) is 2.16. The van der Waals surface area contributed by atoms with Crippen LogP contribution in [0.25, 0.3) is 0 Å². The molecule has 108 valence electrons. The van der Waals surface area contributed by atoms with Crippen LogP contribution in [0.2, 0.25) is 0 Å². The van der Waals surface area contributed by atoms with Crippen molar-refractivity contribution >= 4 is 17.7 Å². The molecule has 0 aliphatic carbocycles. The molecule has 2 N–H and O–H groups in total. The normalized spacial score (nSPS) is 21.8. The Labute approximate surface area is 115 Å². The van der Waals surface area contributed by atoms with E-state index in [4.69, 9.17) is 9.84 Å². The number of amides is 2.